The predicted molar refractivity (Wildman–Crippen MR) is 115 cm³/mol. The molecule has 2 aliphatic heterocycles. The SMILES string of the molecule is C[C@@H](CCc1ccc(O)cc1O)OC1O[C@H](CO)[C@@H](O[C@@H]2O[C@H](CO)[C@@H](O)[C@H](O)[C@H]2O)[C@H](O)[C@H]1O. The Morgan fingerprint density at radius 3 is 2.09 bits per heavy atom. The van der Waals surface area contributed by atoms with Crippen molar-refractivity contribution in [3.8, 4) is 11.5 Å². The normalized spacial score (nSPS) is 38.9. The van der Waals surface area contributed by atoms with E-state index in [1.54, 1.807) is 13.0 Å². The first-order valence-electron chi connectivity index (χ1n) is 11.3. The maximum absolute atomic E-state index is 10.6. The number of benzene rings is 1. The Morgan fingerprint density at radius 2 is 1.46 bits per heavy atom. The summed E-state index contributed by atoms with van der Waals surface area (Å²) in [5.41, 5.74) is 0.574. The van der Waals surface area contributed by atoms with Crippen LogP contribution >= 0.6 is 0 Å². The van der Waals surface area contributed by atoms with Crippen LogP contribution in [0.5, 0.6) is 11.5 Å². The highest BCUT2D eigenvalue weighted by atomic mass is 16.7. The van der Waals surface area contributed by atoms with Crippen molar-refractivity contribution < 1.29 is 64.9 Å². The molecule has 0 saturated carbocycles. The Balaban J connectivity index is 1.60. The van der Waals surface area contributed by atoms with Crippen LogP contribution in [0.3, 0.4) is 0 Å². The van der Waals surface area contributed by atoms with E-state index < -0.39 is 80.7 Å². The van der Waals surface area contributed by atoms with Crippen LogP contribution in [0.1, 0.15) is 18.9 Å². The van der Waals surface area contributed by atoms with E-state index in [2.05, 4.69) is 0 Å². The summed E-state index contributed by atoms with van der Waals surface area (Å²) < 4.78 is 22.1. The second-order valence-corrected chi connectivity index (χ2v) is 8.80. The molecular weight excluding hydrogens is 472 g/mol. The Bertz CT molecular complexity index is 806. The molecule has 2 fully saturated rings. The molecule has 0 spiro atoms. The van der Waals surface area contributed by atoms with E-state index in [0.29, 0.717) is 18.4 Å². The number of rotatable bonds is 9. The highest BCUT2D eigenvalue weighted by molar-refractivity contribution is 5.38. The monoisotopic (exact) mass is 506 g/mol. The molecule has 3 rings (SSSR count). The second kappa shape index (κ2) is 12.1. The van der Waals surface area contributed by atoms with Gasteiger partial charge in [-0.1, -0.05) is 6.07 Å². The van der Waals surface area contributed by atoms with Gasteiger partial charge in [0.25, 0.3) is 0 Å². The molecule has 200 valence electrons. The van der Waals surface area contributed by atoms with E-state index in [4.69, 9.17) is 18.9 Å². The van der Waals surface area contributed by atoms with Crippen molar-refractivity contribution >= 4 is 0 Å². The summed E-state index contributed by atoms with van der Waals surface area (Å²) >= 11 is 0. The van der Waals surface area contributed by atoms with Crippen LogP contribution in [-0.2, 0) is 25.4 Å². The number of hydrogen-bond acceptors (Lipinski definition) is 13. The van der Waals surface area contributed by atoms with Crippen molar-refractivity contribution in [3.05, 3.63) is 23.8 Å². The molecule has 13 nitrogen and oxygen atoms in total. The average molecular weight is 507 g/mol. The predicted octanol–water partition coefficient (Wildman–Crippen LogP) is -2.94. The minimum atomic E-state index is -1.75. The third-order valence-electron chi connectivity index (χ3n) is 6.22. The zero-order valence-corrected chi connectivity index (χ0v) is 19.1. The molecule has 2 heterocycles. The Labute approximate surface area is 201 Å². The fourth-order valence-electron chi connectivity index (χ4n) is 4.09. The molecule has 0 radical (unpaired) electrons. The summed E-state index contributed by atoms with van der Waals surface area (Å²) in [5.74, 6) is -0.145. The largest absolute Gasteiger partial charge is 0.508 e. The number of aryl methyl sites for hydroxylation is 1. The van der Waals surface area contributed by atoms with E-state index in [9.17, 15) is 46.0 Å². The lowest BCUT2D eigenvalue weighted by Gasteiger charge is -2.46. The van der Waals surface area contributed by atoms with Crippen LogP contribution < -0.4 is 0 Å². The summed E-state index contributed by atoms with van der Waals surface area (Å²) in [4.78, 5) is 0. The van der Waals surface area contributed by atoms with Gasteiger partial charge < -0.3 is 64.9 Å². The van der Waals surface area contributed by atoms with Gasteiger partial charge in [-0.15, -0.1) is 0 Å². The number of phenols is 2. The fraction of sp³-hybridized carbons (Fsp3) is 0.727. The molecule has 11 atom stereocenters. The third kappa shape index (κ3) is 6.39. The Morgan fingerprint density at radius 1 is 0.829 bits per heavy atom. The quantitative estimate of drug-likeness (QED) is 0.164. The molecule has 35 heavy (non-hydrogen) atoms. The fourth-order valence-corrected chi connectivity index (χ4v) is 4.09. The molecule has 0 aliphatic carbocycles. The summed E-state index contributed by atoms with van der Waals surface area (Å²) in [7, 11) is 0. The molecular formula is C22H34O13. The van der Waals surface area contributed by atoms with Gasteiger partial charge in [0.15, 0.2) is 12.6 Å². The van der Waals surface area contributed by atoms with Gasteiger partial charge in [-0.2, -0.15) is 0 Å². The average Bonchev–Trinajstić information content (AvgIpc) is 2.83. The van der Waals surface area contributed by atoms with Gasteiger partial charge in [0.1, 0.15) is 60.3 Å². The van der Waals surface area contributed by atoms with Crippen molar-refractivity contribution in [1.82, 2.24) is 0 Å². The van der Waals surface area contributed by atoms with E-state index in [1.165, 1.54) is 12.1 Å². The zero-order valence-electron chi connectivity index (χ0n) is 19.1. The molecule has 9 N–H and O–H groups in total. The first-order valence-corrected chi connectivity index (χ1v) is 11.3. The van der Waals surface area contributed by atoms with Crippen molar-refractivity contribution in [2.24, 2.45) is 0 Å². The molecule has 1 unspecified atom stereocenters. The topological polar surface area (TPSA) is 219 Å². The number of aromatic hydroxyl groups is 2. The number of aliphatic hydroxyl groups excluding tert-OH is 7. The lowest BCUT2D eigenvalue weighted by atomic mass is 9.97. The van der Waals surface area contributed by atoms with Crippen LogP contribution in [0.15, 0.2) is 18.2 Å². The van der Waals surface area contributed by atoms with E-state index >= 15 is 0 Å². The first-order chi connectivity index (χ1) is 16.6. The van der Waals surface area contributed by atoms with Crippen molar-refractivity contribution in [3.63, 3.8) is 0 Å². The van der Waals surface area contributed by atoms with Gasteiger partial charge in [0, 0.05) is 6.07 Å². The maximum Gasteiger partial charge on any atom is 0.187 e. The third-order valence-corrected chi connectivity index (χ3v) is 6.22. The van der Waals surface area contributed by atoms with Gasteiger partial charge in [-0.25, -0.2) is 0 Å². The van der Waals surface area contributed by atoms with Crippen LogP contribution in [-0.4, -0.2) is 127 Å². The van der Waals surface area contributed by atoms with Gasteiger partial charge in [-0.05, 0) is 31.4 Å². The Hall–Kier alpha value is -1.62. The summed E-state index contributed by atoms with van der Waals surface area (Å²) in [5, 5.41) is 89.6. The molecule has 1 aromatic carbocycles. The molecule has 0 amide bonds. The van der Waals surface area contributed by atoms with Crippen molar-refractivity contribution in [2.75, 3.05) is 13.2 Å². The second-order valence-electron chi connectivity index (χ2n) is 8.80. The van der Waals surface area contributed by atoms with Crippen LogP contribution in [0.25, 0.3) is 0 Å². The van der Waals surface area contributed by atoms with E-state index in [1.807, 2.05) is 0 Å². The molecule has 2 saturated heterocycles. The van der Waals surface area contributed by atoms with Crippen LogP contribution in [0, 0.1) is 0 Å². The molecule has 0 aromatic heterocycles. The maximum atomic E-state index is 10.6. The lowest BCUT2D eigenvalue weighted by Crippen LogP contribution is -2.64. The van der Waals surface area contributed by atoms with Crippen LogP contribution in [0.4, 0.5) is 0 Å². The Kier molecular flexibility index (Phi) is 9.65. The summed E-state index contributed by atoms with van der Waals surface area (Å²) in [6, 6.07) is 4.22. The number of hydrogen-bond donors (Lipinski definition) is 9. The minimum absolute atomic E-state index is 0.0706. The van der Waals surface area contributed by atoms with E-state index in [-0.39, 0.29) is 11.5 Å². The smallest absolute Gasteiger partial charge is 0.187 e. The number of ether oxygens (including phenoxy) is 4. The van der Waals surface area contributed by atoms with Gasteiger partial charge in [0.2, 0.25) is 0 Å². The van der Waals surface area contributed by atoms with E-state index in [0.717, 1.165) is 0 Å². The standard InChI is InChI=1S/C22H34O13/c1-9(2-3-10-4-5-11(25)6-12(10)26)32-21-19(31)17(29)20(14(8-24)34-21)35-22-18(30)16(28)15(27)13(7-23)33-22/h4-6,9,13-31H,2-3,7-8H2,1H3/t9-,13+,14+,15+,16-,17+,18+,19+,20+,21?,22-/m0/s1. The van der Waals surface area contributed by atoms with Gasteiger partial charge >= 0.3 is 0 Å². The van der Waals surface area contributed by atoms with Gasteiger partial charge in [0.05, 0.1) is 19.3 Å². The van der Waals surface area contributed by atoms with Gasteiger partial charge in [-0.3, -0.25) is 0 Å². The minimum Gasteiger partial charge on any atom is -0.508 e. The first kappa shape index (κ1) is 28.0. The lowest BCUT2D eigenvalue weighted by molar-refractivity contribution is -0.362. The highest BCUT2D eigenvalue weighted by Crippen LogP contribution is 2.30. The molecule has 1 aromatic rings. The highest BCUT2D eigenvalue weighted by Gasteiger charge is 2.50. The number of aliphatic hydroxyl groups is 7. The summed E-state index contributed by atoms with van der Waals surface area (Å²) in [6.45, 7) is 0.336. The molecule has 2 aliphatic rings. The molecule has 0 bridgehead atoms. The number of phenolic OH excluding ortho intramolecular Hbond substituents is 2. The van der Waals surface area contributed by atoms with Crippen molar-refractivity contribution in [1.29, 1.82) is 0 Å². The van der Waals surface area contributed by atoms with Crippen molar-refractivity contribution in [2.45, 2.75) is 87.3 Å². The zero-order chi connectivity index (χ0) is 25.9. The summed E-state index contributed by atoms with van der Waals surface area (Å²) in [6.07, 6.45) is -14.9. The molecule has 13 heteroatoms. The van der Waals surface area contributed by atoms with Crippen LogP contribution in [0.2, 0.25) is 0 Å².